The van der Waals surface area contributed by atoms with Crippen LogP contribution in [0.5, 0.6) is 0 Å². The molecule has 1 heterocycles. The third-order valence-corrected chi connectivity index (χ3v) is 2.56. The smallest absolute Gasteiger partial charge is 0.146 e. The van der Waals surface area contributed by atoms with Gasteiger partial charge in [-0.25, -0.2) is 9.37 Å². The van der Waals surface area contributed by atoms with Gasteiger partial charge in [0.25, 0.3) is 0 Å². The van der Waals surface area contributed by atoms with Crippen molar-refractivity contribution in [2.75, 3.05) is 17.2 Å². The van der Waals surface area contributed by atoms with Crippen LogP contribution in [0.4, 0.5) is 21.6 Å². The average Bonchev–Trinajstić information content (AvgIpc) is 2.35. The van der Waals surface area contributed by atoms with Crippen molar-refractivity contribution < 1.29 is 4.39 Å². The zero-order chi connectivity index (χ0) is 13.0. The van der Waals surface area contributed by atoms with E-state index in [1.807, 2.05) is 13.0 Å². The molecular weight excluding hydrogens is 253 g/mol. The van der Waals surface area contributed by atoms with Gasteiger partial charge in [-0.1, -0.05) is 11.6 Å². The number of rotatable bonds is 4. The summed E-state index contributed by atoms with van der Waals surface area (Å²) in [4.78, 5) is 4.14. The topological polar surface area (TPSA) is 37.0 Å². The van der Waals surface area contributed by atoms with Crippen molar-refractivity contribution in [3.63, 3.8) is 0 Å². The minimum absolute atomic E-state index is 0.344. The number of anilines is 3. The lowest BCUT2D eigenvalue weighted by Crippen LogP contribution is -2.00. The first kappa shape index (κ1) is 12.6. The fourth-order valence-corrected chi connectivity index (χ4v) is 1.71. The number of hydrogen-bond acceptors (Lipinski definition) is 3. The number of nitrogens with zero attached hydrogens (tertiary/aromatic N) is 1. The molecule has 0 fully saturated rings. The summed E-state index contributed by atoms with van der Waals surface area (Å²) in [5.41, 5.74) is 1.10. The zero-order valence-electron chi connectivity index (χ0n) is 9.87. The molecule has 0 aliphatic rings. The molecular formula is C13H13ClFN3. The predicted octanol–water partition coefficient (Wildman–Crippen LogP) is 4.05. The van der Waals surface area contributed by atoms with Crippen LogP contribution in [0.1, 0.15) is 6.92 Å². The molecule has 94 valence electrons. The Labute approximate surface area is 110 Å². The maximum atomic E-state index is 13.6. The van der Waals surface area contributed by atoms with Crippen LogP contribution in [0.25, 0.3) is 0 Å². The van der Waals surface area contributed by atoms with E-state index in [1.54, 1.807) is 18.3 Å². The largest absolute Gasteiger partial charge is 0.370 e. The number of nitrogens with one attached hydrogen (secondary N) is 2. The summed E-state index contributed by atoms with van der Waals surface area (Å²) in [6.45, 7) is 2.76. The Morgan fingerprint density at radius 3 is 2.89 bits per heavy atom. The highest BCUT2D eigenvalue weighted by molar-refractivity contribution is 6.30. The molecule has 0 saturated carbocycles. The van der Waals surface area contributed by atoms with Gasteiger partial charge < -0.3 is 10.6 Å². The van der Waals surface area contributed by atoms with E-state index in [9.17, 15) is 4.39 Å². The lowest BCUT2D eigenvalue weighted by molar-refractivity contribution is 0.632. The number of hydrogen-bond donors (Lipinski definition) is 2. The van der Waals surface area contributed by atoms with E-state index in [1.165, 1.54) is 12.1 Å². The van der Waals surface area contributed by atoms with Gasteiger partial charge in [0.2, 0.25) is 0 Å². The average molecular weight is 266 g/mol. The van der Waals surface area contributed by atoms with Gasteiger partial charge in [-0.2, -0.15) is 0 Å². The molecule has 2 N–H and O–H groups in total. The number of aromatic nitrogens is 1. The van der Waals surface area contributed by atoms with Crippen molar-refractivity contribution in [3.8, 4) is 0 Å². The highest BCUT2D eigenvalue weighted by Crippen LogP contribution is 2.24. The van der Waals surface area contributed by atoms with Crippen LogP contribution in [0.3, 0.4) is 0 Å². The van der Waals surface area contributed by atoms with E-state index in [0.29, 0.717) is 10.7 Å². The van der Waals surface area contributed by atoms with Crippen molar-refractivity contribution in [2.24, 2.45) is 0 Å². The lowest BCUT2D eigenvalue weighted by Gasteiger charge is -2.09. The van der Waals surface area contributed by atoms with Crippen LogP contribution in [0, 0.1) is 5.82 Å². The van der Waals surface area contributed by atoms with E-state index < -0.39 is 0 Å². The normalized spacial score (nSPS) is 10.2. The molecule has 18 heavy (non-hydrogen) atoms. The number of benzene rings is 1. The molecule has 0 bridgehead atoms. The van der Waals surface area contributed by atoms with Crippen LogP contribution in [-0.2, 0) is 0 Å². The van der Waals surface area contributed by atoms with Crippen LogP contribution in [-0.4, -0.2) is 11.5 Å². The second kappa shape index (κ2) is 5.69. The third-order valence-electron chi connectivity index (χ3n) is 2.33. The van der Waals surface area contributed by atoms with E-state index in [0.717, 1.165) is 18.1 Å². The molecule has 2 aromatic rings. The van der Waals surface area contributed by atoms with E-state index in [4.69, 9.17) is 11.6 Å². The van der Waals surface area contributed by atoms with E-state index >= 15 is 0 Å². The van der Waals surface area contributed by atoms with Crippen LogP contribution < -0.4 is 10.6 Å². The van der Waals surface area contributed by atoms with Gasteiger partial charge in [-0.3, -0.25) is 0 Å². The molecule has 0 unspecified atom stereocenters. The Kier molecular flexibility index (Phi) is 3.99. The van der Waals surface area contributed by atoms with Crippen LogP contribution in [0.2, 0.25) is 5.02 Å². The van der Waals surface area contributed by atoms with Gasteiger partial charge in [0, 0.05) is 29.5 Å². The summed E-state index contributed by atoms with van der Waals surface area (Å²) in [6, 6.07) is 7.96. The van der Waals surface area contributed by atoms with Gasteiger partial charge in [0.15, 0.2) is 0 Å². The molecule has 0 amide bonds. The fraction of sp³-hybridized carbons (Fsp3) is 0.154. The molecule has 0 aliphatic carbocycles. The molecule has 0 aliphatic heterocycles. The van der Waals surface area contributed by atoms with E-state index in [2.05, 4.69) is 15.6 Å². The van der Waals surface area contributed by atoms with Crippen molar-refractivity contribution in [1.29, 1.82) is 0 Å². The summed E-state index contributed by atoms with van der Waals surface area (Å²) < 4.78 is 13.6. The first-order valence-electron chi connectivity index (χ1n) is 5.61. The fourth-order valence-electron chi connectivity index (χ4n) is 1.53. The Morgan fingerprint density at radius 1 is 1.28 bits per heavy atom. The lowest BCUT2D eigenvalue weighted by atomic mass is 10.3. The maximum absolute atomic E-state index is 13.6. The predicted molar refractivity (Wildman–Crippen MR) is 73.1 cm³/mol. The minimum atomic E-state index is -0.346. The monoisotopic (exact) mass is 265 g/mol. The molecule has 0 atom stereocenters. The molecule has 0 radical (unpaired) electrons. The van der Waals surface area contributed by atoms with Crippen molar-refractivity contribution >= 4 is 28.8 Å². The highest BCUT2D eigenvalue weighted by Gasteiger charge is 2.04. The van der Waals surface area contributed by atoms with Crippen molar-refractivity contribution in [3.05, 3.63) is 47.4 Å². The molecule has 5 heteroatoms. The maximum Gasteiger partial charge on any atom is 0.146 e. The number of pyridine rings is 1. The Balaban J connectivity index is 2.22. The standard InChI is InChI=1S/C13H13ClFN3/c1-2-16-13-8-10(5-6-17-13)18-12-7-9(14)3-4-11(12)15/h3-8H,2H2,1H3,(H2,16,17,18). The van der Waals surface area contributed by atoms with Gasteiger partial charge in [-0.05, 0) is 31.2 Å². The Hall–Kier alpha value is -1.81. The first-order chi connectivity index (χ1) is 8.69. The van der Waals surface area contributed by atoms with Crippen LogP contribution in [0.15, 0.2) is 36.5 Å². The molecule has 0 spiro atoms. The molecule has 3 nitrogen and oxygen atoms in total. The second-order valence-corrected chi connectivity index (χ2v) is 4.15. The quantitative estimate of drug-likeness (QED) is 0.876. The van der Waals surface area contributed by atoms with E-state index in [-0.39, 0.29) is 5.82 Å². The zero-order valence-corrected chi connectivity index (χ0v) is 10.6. The minimum Gasteiger partial charge on any atom is -0.370 e. The van der Waals surface area contributed by atoms with Gasteiger partial charge in [0.1, 0.15) is 11.6 Å². The Bertz CT molecular complexity index is 546. The SMILES string of the molecule is CCNc1cc(Nc2cc(Cl)ccc2F)ccn1. The third kappa shape index (κ3) is 3.11. The first-order valence-corrected chi connectivity index (χ1v) is 5.99. The Morgan fingerprint density at radius 2 is 2.11 bits per heavy atom. The summed E-state index contributed by atoms with van der Waals surface area (Å²) in [5.74, 6) is 0.395. The summed E-state index contributed by atoms with van der Waals surface area (Å²) in [7, 11) is 0. The van der Waals surface area contributed by atoms with Crippen molar-refractivity contribution in [2.45, 2.75) is 6.92 Å². The van der Waals surface area contributed by atoms with Gasteiger partial charge in [-0.15, -0.1) is 0 Å². The summed E-state index contributed by atoms with van der Waals surface area (Å²) >= 11 is 5.83. The van der Waals surface area contributed by atoms with Crippen molar-refractivity contribution in [1.82, 2.24) is 4.98 Å². The molecule has 0 saturated heterocycles. The molecule has 1 aromatic heterocycles. The summed E-state index contributed by atoms with van der Waals surface area (Å²) in [5, 5.41) is 6.55. The highest BCUT2D eigenvalue weighted by atomic mass is 35.5. The van der Waals surface area contributed by atoms with Crippen LogP contribution >= 0.6 is 11.6 Å². The molecule has 2 rings (SSSR count). The number of halogens is 2. The van der Waals surface area contributed by atoms with Gasteiger partial charge in [0.05, 0.1) is 5.69 Å². The summed E-state index contributed by atoms with van der Waals surface area (Å²) in [6.07, 6.45) is 1.66. The second-order valence-electron chi connectivity index (χ2n) is 3.71. The van der Waals surface area contributed by atoms with Gasteiger partial charge >= 0.3 is 0 Å². The molecule has 1 aromatic carbocycles.